The maximum Gasteiger partial charge on any atom is 0.414 e. The van der Waals surface area contributed by atoms with Gasteiger partial charge in [0.2, 0.25) is 0 Å². The minimum Gasteiger partial charge on any atom is -0.543 e. The van der Waals surface area contributed by atoms with Crippen LogP contribution in [0.1, 0.15) is 125 Å². The molecule has 2 saturated heterocycles. The van der Waals surface area contributed by atoms with E-state index in [9.17, 15) is 19.2 Å². The zero-order chi connectivity index (χ0) is 42.9. The number of nitrogens with zero attached hydrogens (tertiary/aromatic N) is 2. The van der Waals surface area contributed by atoms with E-state index in [2.05, 4.69) is 33.9 Å². The van der Waals surface area contributed by atoms with Crippen molar-refractivity contribution in [1.29, 1.82) is 0 Å². The van der Waals surface area contributed by atoms with E-state index < -0.39 is 55.7 Å². The predicted molar refractivity (Wildman–Crippen MR) is 224 cm³/mol. The second-order valence-corrected chi connectivity index (χ2v) is 24.5. The van der Waals surface area contributed by atoms with Crippen LogP contribution in [-0.2, 0) is 28.5 Å². The van der Waals surface area contributed by atoms with E-state index in [1.165, 1.54) is 6.08 Å². The predicted octanol–water partition coefficient (Wildman–Crippen LogP) is 9.70. The zero-order valence-corrected chi connectivity index (χ0v) is 38.1. The molecule has 2 fully saturated rings. The molecule has 2 amide bonds. The van der Waals surface area contributed by atoms with Crippen LogP contribution in [0.25, 0.3) is 6.08 Å². The van der Waals surface area contributed by atoms with E-state index in [-0.39, 0.29) is 34.3 Å². The fraction of sp³-hybridized carbons (Fsp3) is 0.682. The highest BCUT2D eigenvalue weighted by Gasteiger charge is 2.44. The van der Waals surface area contributed by atoms with Crippen molar-refractivity contribution >= 4 is 44.0 Å². The summed E-state index contributed by atoms with van der Waals surface area (Å²) in [5.41, 5.74) is -0.185. The number of ether oxygens (including phenoxy) is 5. The second-order valence-electron chi connectivity index (χ2n) is 19.7. The van der Waals surface area contributed by atoms with Gasteiger partial charge in [-0.3, -0.25) is 9.69 Å². The largest absolute Gasteiger partial charge is 0.543 e. The van der Waals surface area contributed by atoms with Crippen LogP contribution in [0.4, 0.5) is 15.3 Å². The molecule has 0 spiro atoms. The van der Waals surface area contributed by atoms with Gasteiger partial charge in [0.1, 0.15) is 34.7 Å². The van der Waals surface area contributed by atoms with E-state index in [1.807, 2.05) is 54.5 Å². The van der Waals surface area contributed by atoms with Crippen LogP contribution in [0, 0.1) is 11.8 Å². The van der Waals surface area contributed by atoms with E-state index in [4.69, 9.17) is 28.1 Å². The Balaban J connectivity index is 1.86. The lowest BCUT2D eigenvalue weighted by Gasteiger charge is -2.38. The van der Waals surface area contributed by atoms with Gasteiger partial charge in [-0.25, -0.2) is 14.4 Å². The minimum atomic E-state index is -2.59. The number of hydrogen-bond donors (Lipinski definition) is 0. The monoisotopic (exact) mass is 812 g/mol. The van der Waals surface area contributed by atoms with Gasteiger partial charge in [0.05, 0.1) is 11.8 Å². The number of ketones is 1. The number of piperidine rings is 1. The Morgan fingerprint density at radius 1 is 0.912 bits per heavy atom. The molecule has 3 aliphatic heterocycles. The SMILES string of the molecule is C[C@@H]1/C=C\C(=O)[C@H]2OC(C)(C)O[C@H]2C/C=C/c2cc(N(CC3CCN(C(=O)OC(C)(C)C)CC3)C(=O)OC(C)(C)C)cc(O[Si](C)(C)C(C)(C)C)c2C(=O)O[C@H]1C. The molecule has 1 aromatic carbocycles. The number of cyclic esters (lactones) is 1. The van der Waals surface area contributed by atoms with Crippen LogP contribution in [0.3, 0.4) is 0 Å². The number of amides is 2. The molecule has 0 N–H and O–H groups in total. The van der Waals surface area contributed by atoms with Gasteiger partial charge >= 0.3 is 18.2 Å². The van der Waals surface area contributed by atoms with Gasteiger partial charge in [-0.05, 0) is 123 Å². The summed E-state index contributed by atoms with van der Waals surface area (Å²) in [5.74, 6) is -1.73. The quantitative estimate of drug-likeness (QED) is 0.161. The van der Waals surface area contributed by atoms with Gasteiger partial charge in [-0.15, -0.1) is 0 Å². The van der Waals surface area contributed by atoms with Crippen LogP contribution in [-0.4, -0.2) is 92.1 Å². The number of esters is 1. The van der Waals surface area contributed by atoms with E-state index >= 15 is 0 Å². The topological polar surface area (TPSA) is 130 Å². The van der Waals surface area contributed by atoms with Crippen molar-refractivity contribution in [1.82, 2.24) is 4.90 Å². The number of fused-ring (bicyclic) bond motifs is 2. The summed E-state index contributed by atoms with van der Waals surface area (Å²) in [5, 5.41) is -0.231. The average molecular weight is 813 g/mol. The number of anilines is 1. The normalized spacial score (nSPS) is 25.0. The van der Waals surface area contributed by atoms with Crippen LogP contribution < -0.4 is 9.33 Å². The third-order valence-electron chi connectivity index (χ3n) is 10.9. The van der Waals surface area contributed by atoms with E-state index in [0.717, 1.165) is 0 Å². The first-order chi connectivity index (χ1) is 26.1. The molecule has 0 unspecified atom stereocenters. The average Bonchev–Trinajstić information content (AvgIpc) is 3.37. The minimum absolute atomic E-state index is 0.0304. The Labute approximate surface area is 341 Å². The molecule has 13 heteroatoms. The maximum absolute atomic E-state index is 14.4. The van der Waals surface area contributed by atoms with Gasteiger partial charge in [0, 0.05) is 31.6 Å². The zero-order valence-electron chi connectivity index (χ0n) is 37.1. The van der Waals surface area contributed by atoms with Gasteiger partial charge < -0.3 is 33.0 Å². The fourth-order valence-corrected chi connectivity index (χ4v) is 7.55. The molecule has 0 radical (unpaired) electrons. The van der Waals surface area contributed by atoms with E-state index in [1.54, 1.807) is 54.9 Å². The van der Waals surface area contributed by atoms with Gasteiger partial charge in [0.25, 0.3) is 8.32 Å². The van der Waals surface area contributed by atoms with Crippen LogP contribution in [0.15, 0.2) is 30.4 Å². The Morgan fingerprint density at radius 2 is 1.53 bits per heavy atom. The first kappa shape index (κ1) is 46.0. The third kappa shape index (κ3) is 12.4. The summed E-state index contributed by atoms with van der Waals surface area (Å²) < 4.78 is 37.0. The van der Waals surface area contributed by atoms with Crippen molar-refractivity contribution in [2.24, 2.45) is 11.8 Å². The molecule has 1 aromatic rings. The molecule has 0 bridgehead atoms. The van der Waals surface area contributed by atoms with Crippen molar-refractivity contribution < 1.29 is 47.3 Å². The highest BCUT2D eigenvalue weighted by molar-refractivity contribution is 6.74. The Hall–Kier alpha value is -3.68. The standard InChI is InChI=1S/C44H68N2O10Si/c1-28-19-20-33(47)37-34(52-44(12,13)53-37)18-16-17-31-25-32(26-35(36(31)38(48)51-29(28)2)56-57(14,15)43(9,10)11)46(40(50)55-42(6,7)8)27-30-21-23-45(24-22-30)39(49)54-41(3,4)5/h16-17,19-20,25-26,28-30,34,37H,18,21-24,27H2,1-15H3/b17-16+,20-19-/t28-,29+,34+,37-/m1/s1. The number of likely N-dealkylation sites (tertiary alicyclic amines) is 1. The first-order valence-electron chi connectivity index (χ1n) is 20.4. The Morgan fingerprint density at radius 3 is 2.11 bits per heavy atom. The lowest BCUT2D eigenvalue weighted by Crippen LogP contribution is -2.46. The van der Waals surface area contributed by atoms with Crippen molar-refractivity contribution in [2.45, 2.75) is 163 Å². The Bertz CT molecular complexity index is 1710. The van der Waals surface area contributed by atoms with Gasteiger partial charge in [-0.2, -0.15) is 0 Å². The van der Waals surface area contributed by atoms with Crippen molar-refractivity contribution in [3.63, 3.8) is 0 Å². The molecule has 318 valence electrons. The molecule has 0 aromatic heterocycles. The summed E-state index contributed by atoms with van der Waals surface area (Å²) >= 11 is 0. The number of rotatable bonds is 5. The summed E-state index contributed by atoms with van der Waals surface area (Å²) in [6.45, 7) is 30.1. The first-order valence-corrected chi connectivity index (χ1v) is 23.3. The summed E-state index contributed by atoms with van der Waals surface area (Å²) in [7, 11) is -2.59. The lowest BCUT2D eigenvalue weighted by atomic mass is 9.95. The molecule has 4 atom stereocenters. The molecule has 3 aliphatic rings. The van der Waals surface area contributed by atoms with Crippen LogP contribution in [0.2, 0.25) is 18.1 Å². The summed E-state index contributed by atoms with van der Waals surface area (Å²) in [6, 6.07) is 3.56. The molecule has 12 nitrogen and oxygen atoms in total. The van der Waals surface area contributed by atoms with Crippen LogP contribution >= 0.6 is 0 Å². The lowest BCUT2D eigenvalue weighted by molar-refractivity contribution is -0.152. The molecular weight excluding hydrogens is 745 g/mol. The summed E-state index contributed by atoms with van der Waals surface area (Å²) in [6.07, 6.45) is 5.60. The molecule has 0 aliphatic carbocycles. The molecule has 0 saturated carbocycles. The highest BCUT2D eigenvalue weighted by Crippen LogP contribution is 2.42. The maximum atomic E-state index is 14.4. The van der Waals surface area contributed by atoms with Crippen molar-refractivity contribution in [2.75, 3.05) is 24.5 Å². The third-order valence-corrected chi connectivity index (χ3v) is 15.2. The number of benzene rings is 1. The molecule has 57 heavy (non-hydrogen) atoms. The number of carbonyl (C=O) groups excluding carboxylic acids is 4. The van der Waals surface area contributed by atoms with Crippen molar-refractivity contribution in [3.05, 3.63) is 41.5 Å². The fourth-order valence-electron chi connectivity index (χ4n) is 6.53. The van der Waals surface area contributed by atoms with Gasteiger partial charge in [-0.1, -0.05) is 45.9 Å². The highest BCUT2D eigenvalue weighted by atomic mass is 28.4. The smallest absolute Gasteiger partial charge is 0.414 e. The molecule has 4 rings (SSSR count). The second kappa shape index (κ2) is 17.3. The number of carbonyl (C=O) groups is 4. The van der Waals surface area contributed by atoms with Gasteiger partial charge in [0.15, 0.2) is 11.6 Å². The summed E-state index contributed by atoms with van der Waals surface area (Å²) in [4.78, 5) is 58.2. The van der Waals surface area contributed by atoms with Crippen LogP contribution in [0.5, 0.6) is 5.75 Å². The Kier molecular flexibility index (Phi) is 13.9. The van der Waals surface area contributed by atoms with Crippen molar-refractivity contribution in [3.8, 4) is 5.75 Å². The molecule has 3 heterocycles. The molecular formula is C44H68N2O10Si. The van der Waals surface area contributed by atoms with E-state index in [0.29, 0.717) is 55.9 Å². The number of hydrogen-bond acceptors (Lipinski definition) is 10.